The summed E-state index contributed by atoms with van der Waals surface area (Å²) in [5, 5.41) is 4.32. The number of hydrogen-bond donors (Lipinski definition) is 2. The van der Waals surface area contributed by atoms with Crippen molar-refractivity contribution >= 4 is 15.9 Å². The summed E-state index contributed by atoms with van der Waals surface area (Å²) >= 11 is 3.59. The zero-order valence-corrected chi connectivity index (χ0v) is 13.6. The molecule has 0 radical (unpaired) electrons. The lowest BCUT2D eigenvalue weighted by atomic mass is 9.85. The molecule has 1 fully saturated rings. The van der Waals surface area contributed by atoms with Crippen molar-refractivity contribution < 1.29 is 0 Å². The Bertz CT molecular complexity index is 407. The largest absolute Gasteiger partial charge is 0.296 e. The van der Waals surface area contributed by atoms with Crippen LogP contribution in [0.15, 0.2) is 10.7 Å². The molecule has 1 aromatic heterocycles. The molecule has 0 bridgehead atoms. The van der Waals surface area contributed by atoms with Crippen LogP contribution in [0.1, 0.15) is 44.8 Å². The molecule has 108 valence electrons. The first-order chi connectivity index (χ1) is 9.04. The van der Waals surface area contributed by atoms with E-state index in [0.717, 1.165) is 29.7 Å². The SMILES string of the molecule is CCC(C)(C(NN)c1c(Br)cnn1C)N1CCCC1. The van der Waals surface area contributed by atoms with E-state index in [-0.39, 0.29) is 11.6 Å². The van der Waals surface area contributed by atoms with Crippen molar-refractivity contribution in [2.24, 2.45) is 12.9 Å². The quantitative estimate of drug-likeness (QED) is 0.640. The lowest BCUT2D eigenvalue weighted by Gasteiger charge is -2.44. The highest BCUT2D eigenvalue weighted by Crippen LogP contribution is 2.38. The third-order valence-electron chi connectivity index (χ3n) is 4.54. The van der Waals surface area contributed by atoms with Crippen LogP contribution in [0.2, 0.25) is 0 Å². The molecule has 0 aliphatic carbocycles. The number of hydrazine groups is 1. The van der Waals surface area contributed by atoms with Gasteiger partial charge in [-0.15, -0.1) is 0 Å². The summed E-state index contributed by atoms with van der Waals surface area (Å²) in [7, 11) is 1.96. The molecule has 2 rings (SSSR count). The van der Waals surface area contributed by atoms with Gasteiger partial charge >= 0.3 is 0 Å². The molecule has 0 amide bonds. The molecule has 1 aliphatic rings. The summed E-state index contributed by atoms with van der Waals surface area (Å²) in [6, 6.07) is 0.0532. The maximum Gasteiger partial charge on any atom is 0.0820 e. The Morgan fingerprint density at radius 1 is 1.53 bits per heavy atom. The van der Waals surface area contributed by atoms with Gasteiger partial charge in [0.1, 0.15) is 0 Å². The zero-order valence-electron chi connectivity index (χ0n) is 12.0. The second kappa shape index (κ2) is 5.91. The number of halogens is 1. The molecule has 2 unspecified atom stereocenters. The van der Waals surface area contributed by atoms with Gasteiger partial charge in [0.2, 0.25) is 0 Å². The van der Waals surface area contributed by atoms with Gasteiger partial charge in [0.25, 0.3) is 0 Å². The Hall–Kier alpha value is -0.430. The molecule has 0 aromatic carbocycles. The summed E-state index contributed by atoms with van der Waals surface area (Å²) in [6.45, 7) is 6.82. The molecule has 19 heavy (non-hydrogen) atoms. The Morgan fingerprint density at radius 3 is 2.58 bits per heavy atom. The monoisotopic (exact) mass is 329 g/mol. The second-order valence-corrected chi connectivity index (χ2v) is 6.36. The van der Waals surface area contributed by atoms with Gasteiger partial charge in [-0.2, -0.15) is 5.10 Å². The number of aryl methyl sites for hydroxylation is 1. The van der Waals surface area contributed by atoms with Crippen LogP contribution in [0.5, 0.6) is 0 Å². The van der Waals surface area contributed by atoms with Crippen molar-refractivity contribution in [2.45, 2.75) is 44.7 Å². The van der Waals surface area contributed by atoms with Gasteiger partial charge in [-0.05, 0) is 55.2 Å². The molecule has 1 aromatic rings. The highest BCUT2D eigenvalue weighted by molar-refractivity contribution is 9.10. The summed E-state index contributed by atoms with van der Waals surface area (Å²) in [5.41, 5.74) is 4.13. The van der Waals surface area contributed by atoms with E-state index in [1.54, 1.807) is 0 Å². The van der Waals surface area contributed by atoms with Crippen molar-refractivity contribution in [3.05, 3.63) is 16.4 Å². The summed E-state index contributed by atoms with van der Waals surface area (Å²) in [5.74, 6) is 5.89. The van der Waals surface area contributed by atoms with E-state index in [9.17, 15) is 0 Å². The fraction of sp³-hybridized carbons (Fsp3) is 0.769. The fourth-order valence-electron chi connectivity index (χ4n) is 3.14. The number of aromatic nitrogens is 2. The van der Waals surface area contributed by atoms with Crippen molar-refractivity contribution in [3.8, 4) is 0 Å². The molecule has 5 nitrogen and oxygen atoms in total. The maximum absolute atomic E-state index is 5.89. The van der Waals surface area contributed by atoms with Gasteiger partial charge < -0.3 is 0 Å². The number of nitrogens with zero attached hydrogens (tertiary/aromatic N) is 3. The van der Waals surface area contributed by atoms with Crippen molar-refractivity contribution in [2.75, 3.05) is 13.1 Å². The van der Waals surface area contributed by atoms with Crippen LogP contribution < -0.4 is 11.3 Å². The lowest BCUT2D eigenvalue weighted by Crippen LogP contribution is -2.55. The van der Waals surface area contributed by atoms with Gasteiger partial charge in [-0.25, -0.2) is 5.43 Å². The van der Waals surface area contributed by atoms with Gasteiger partial charge in [-0.1, -0.05) is 6.92 Å². The van der Waals surface area contributed by atoms with E-state index in [1.165, 1.54) is 12.8 Å². The fourth-order valence-corrected chi connectivity index (χ4v) is 3.71. The third-order valence-corrected chi connectivity index (χ3v) is 5.15. The minimum atomic E-state index is 0.00155. The number of nitrogens with two attached hydrogens (primary N) is 1. The van der Waals surface area contributed by atoms with Crippen LogP contribution in [-0.4, -0.2) is 33.3 Å². The Balaban J connectivity index is 2.38. The van der Waals surface area contributed by atoms with Crippen LogP contribution in [0.4, 0.5) is 0 Å². The van der Waals surface area contributed by atoms with E-state index < -0.39 is 0 Å². The molecule has 1 aliphatic heterocycles. The van der Waals surface area contributed by atoms with E-state index in [2.05, 4.69) is 45.2 Å². The number of hydrogen-bond acceptors (Lipinski definition) is 4. The topological polar surface area (TPSA) is 59.1 Å². The molecule has 0 saturated carbocycles. The highest BCUT2D eigenvalue weighted by Gasteiger charge is 2.41. The van der Waals surface area contributed by atoms with Crippen LogP contribution in [-0.2, 0) is 7.05 Å². The third kappa shape index (κ3) is 2.59. The molecule has 1 saturated heterocycles. The number of likely N-dealkylation sites (tertiary alicyclic amines) is 1. The van der Waals surface area contributed by atoms with E-state index in [0.29, 0.717) is 0 Å². The Kier molecular flexibility index (Phi) is 4.66. The minimum absolute atomic E-state index is 0.00155. The van der Waals surface area contributed by atoms with Crippen LogP contribution in [0.3, 0.4) is 0 Å². The minimum Gasteiger partial charge on any atom is -0.296 e. The standard InChI is InChI=1S/C13H24BrN5/c1-4-13(2,19-7-5-6-8-19)12(17-15)11-10(14)9-16-18(11)3/h9,12,17H,4-8,15H2,1-3H3. The summed E-state index contributed by atoms with van der Waals surface area (Å²) < 4.78 is 2.91. The van der Waals surface area contributed by atoms with E-state index in [1.807, 2.05) is 17.9 Å². The van der Waals surface area contributed by atoms with E-state index >= 15 is 0 Å². The van der Waals surface area contributed by atoms with E-state index in [4.69, 9.17) is 5.84 Å². The Morgan fingerprint density at radius 2 is 2.16 bits per heavy atom. The smallest absolute Gasteiger partial charge is 0.0820 e. The predicted octanol–water partition coefficient (Wildman–Crippen LogP) is 1.95. The molecule has 2 atom stereocenters. The molecule has 2 heterocycles. The lowest BCUT2D eigenvalue weighted by molar-refractivity contribution is 0.0803. The first-order valence-corrected chi connectivity index (χ1v) is 7.72. The summed E-state index contributed by atoms with van der Waals surface area (Å²) in [4.78, 5) is 2.55. The average molecular weight is 330 g/mol. The van der Waals surface area contributed by atoms with Gasteiger partial charge in [-0.3, -0.25) is 15.4 Å². The highest BCUT2D eigenvalue weighted by atomic mass is 79.9. The number of nitrogens with one attached hydrogen (secondary N) is 1. The van der Waals surface area contributed by atoms with Crippen LogP contribution in [0, 0.1) is 0 Å². The summed E-state index contributed by atoms with van der Waals surface area (Å²) in [6.07, 6.45) is 5.43. The molecule has 6 heteroatoms. The first kappa shape index (κ1) is 15.0. The average Bonchev–Trinajstić information content (AvgIpc) is 3.04. The predicted molar refractivity (Wildman–Crippen MR) is 80.5 cm³/mol. The van der Waals surface area contributed by atoms with Gasteiger partial charge in [0, 0.05) is 12.6 Å². The van der Waals surface area contributed by atoms with Crippen molar-refractivity contribution in [1.29, 1.82) is 0 Å². The molecule has 0 spiro atoms. The maximum atomic E-state index is 5.89. The molecule has 3 N–H and O–H groups in total. The molecular formula is C13H24BrN5. The van der Waals surface area contributed by atoms with Gasteiger partial charge in [0.05, 0.1) is 22.4 Å². The van der Waals surface area contributed by atoms with Crippen molar-refractivity contribution in [1.82, 2.24) is 20.1 Å². The van der Waals surface area contributed by atoms with Crippen LogP contribution >= 0.6 is 15.9 Å². The zero-order chi connectivity index (χ0) is 14.0. The molecular weight excluding hydrogens is 306 g/mol. The number of rotatable bonds is 5. The van der Waals surface area contributed by atoms with Crippen molar-refractivity contribution in [3.63, 3.8) is 0 Å². The first-order valence-electron chi connectivity index (χ1n) is 6.93. The van der Waals surface area contributed by atoms with Crippen LogP contribution in [0.25, 0.3) is 0 Å². The van der Waals surface area contributed by atoms with Gasteiger partial charge in [0.15, 0.2) is 0 Å². The Labute approximate surface area is 123 Å². The normalized spacial score (nSPS) is 21.5. The second-order valence-electron chi connectivity index (χ2n) is 5.51.